The number of nitrogens with zero attached hydrogens (tertiary/aromatic N) is 3. The lowest BCUT2D eigenvalue weighted by molar-refractivity contribution is -0.175. The summed E-state index contributed by atoms with van der Waals surface area (Å²) >= 11 is 0. The van der Waals surface area contributed by atoms with Crippen LogP contribution in [0.5, 0.6) is 0 Å². The number of fused-ring (bicyclic) bond motifs is 2. The maximum absolute atomic E-state index is 13.7. The first kappa shape index (κ1) is 27.3. The van der Waals surface area contributed by atoms with E-state index in [2.05, 4.69) is 15.5 Å². The molecule has 4 rings (SSSR count). The Labute approximate surface area is 216 Å². The van der Waals surface area contributed by atoms with Crippen molar-refractivity contribution in [1.82, 2.24) is 25.7 Å². The van der Waals surface area contributed by atoms with Crippen molar-refractivity contribution < 1.29 is 32.3 Å². The Kier molecular flexibility index (Phi) is 7.56. The molecule has 2 aromatic rings. The predicted molar refractivity (Wildman–Crippen MR) is 129 cm³/mol. The summed E-state index contributed by atoms with van der Waals surface area (Å²) in [6.45, 7) is 3.18. The number of aromatic nitrogens is 2. The van der Waals surface area contributed by atoms with Crippen molar-refractivity contribution in [2.24, 2.45) is 23.5 Å². The molecular weight excluding hydrogens is 505 g/mol. The van der Waals surface area contributed by atoms with Crippen molar-refractivity contribution in [2.75, 3.05) is 6.54 Å². The Hall–Kier alpha value is -3.77. The average Bonchev–Trinajstić information content (AvgIpc) is 3.45. The predicted octanol–water partition coefficient (Wildman–Crippen LogP) is 1.60. The van der Waals surface area contributed by atoms with E-state index in [0.717, 1.165) is 12.8 Å². The van der Waals surface area contributed by atoms with Crippen molar-refractivity contribution in [2.45, 2.75) is 57.4 Å². The summed E-state index contributed by atoms with van der Waals surface area (Å²) in [6, 6.07) is 3.05. The van der Waals surface area contributed by atoms with Gasteiger partial charge in [-0.15, -0.1) is 0 Å². The van der Waals surface area contributed by atoms with Crippen molar-refractivity contribution in [3.8, 4) is 0 Å². The summed E-state index contributed by atoms with van der Waals surface area (Å²) in [5.41, 5.74) is 6.47. The molecule has 38 heavy (non-hydrogen) atoms. The van der Waals surface area contributed by atoms with Crippen molar-refractivity contribution in [3.63, 3.8) is 0 Å². The molecule has 0 bridgehead atoms. The van der Waals surface area contributed by atoms with Gasteiger partial charge >= 0.3 is 12.1 Å². The number of primary amides is 1. The van der Waals surface area contributed by atoms with Crippen molar-refractivity contribution in [3.05, 3.63) is 36.0 Å². The number of carbonyl (C=O) groups excluding carboxylic acids is 4. The van der Waals surface area contributed by atoms with Crippen LogP contribution < -0.4 is 16.4 Å². The fraction of sp³-hybridized carbons (Fsp3) is 0.520. The molecule has 1 aromatic carbocycles. The highest BCUT2D eigenvalue weighted by Gasteiger charge is 2.52. The van der Waals surface area contributed by atoms with E-state index in [1.165, 1.54) is 24.9 Å². The number of alkyl halides is 3. The zero-order valence-corrected chi connectivity index (χ0v) is 20.9. The topological polar surface area (TPSA) is 147 Å². The first-order valence-corrected chi connectivity index (χ1v) is 12.4. The number of benzene rings is 1. The summed E-state index contributed by atoms with van der Waals surface area (Å²) in [4.78, 5) is 52.6. The van der Waals surface area contributed by atoms with E-state index in [0.29, 0.717) is 22.9 Å². The molecule has 0 radical (unpaired) electrons. The molecule has 4 amide bonds. The standard InChI is InChI=1S/C25H29F3N6O4/c1-12(2)18(32-24(38)25(26,27)28)23(37)34-11-13-6-5-8-14(13)20(34)22(36)31-19(21(29)35)16-10-30-33-17-9-4-3-7-15(16)17/h3-4,7,9-10,12-14,18-20H,5-6,8,11H2,1-2H3,(H2,29,35)(H,31,36)(H,32,38)/t13-,14-,18?,19?,20-/m0/s1. The van der Waals surface area contributed by atoms with E-state index in [4.69, 9.17) is 5.73 Å². The van der Waals surface area contributed by atoms with Gasteiger partial charge in [0.25, 0.3) is 0 Å². The zero-order valence-electron chi connectivity index (χ0n) is 20.9. The molecule has 2 aliphatic rings. The normalized spacial score (nSPS) is 22.7. The van der Waals surface area contributed by atoms with E-state index in [1.807, 2.05) is 0 Å². The quantitative estimate of drug-likeness (QED) is 0.492. The fourth-order valence-electron chi connectivity index (χ4n) is 5.57. The second-order valence-corrected chi connectivity index (χ2v) is 10.1. The van der Waals surface area contributed by atoms with Crippen LogP contribution in [0.2, 0.25) is 0 Å². The number of nitrogens with two attached hydrogens (primary N) is 1. The molecular formula is C25H29F3N6O4. The average molecular weight is 535 g/mol. The van der Waals surface area contributed by atoms with Crippen LogP contribution in [-0.4, -0.2) is 63.5 Å². The molecule has 1 saturated heterocycles. The summed E-state index contributed by atoms with van der Waals surface area (Å²) in [7, 11) is 0. The number of likely N-dealkylation sites (tertiary alicyclic amines) is 1. The molecule has 4 N–H and O–H groups in total. The maximum Gasteiger partial charge on any atom is 0.471 e. The first-order valence-electron chi connectivity index (χ1n) is 12.4. The molecule has 204 valence electrons. The van der Waals surface area contributed by atoms with Crippen molar-refractivity contribution >= 4 is 34.5 Å². The minimum Gasteiger partial charge on any atom is -0.368 e. The largest absolute Gasteiger partial charge is 0.471 e. The summed E-state index contributed by atoms with van der Waals surface area (Å²) in [6.07, 6.45) is -1.62. The Morgan fingerprint density at radius 2 is 1.82 bits per heavy atom. The Balaban J connectivity index is 1.63. The van der Waals surface area contributed by atoms with Gasteiger partial charge in [-0.05, 0) is 36.7 Å². The van der Waals surface area contributed by atoms with Crippen LogP contribution in [0, 0.1) is 17.8 Å². The van der Waals surface area contributed by atoms with Gasteiger partial charge in [0.15, 0.2) is 0 Å². The van der Waals surface area contributed by atoms with Gasteiger partial charge in [0, 0.05) is 17.5 Å². The molecule has 1 aromatic heterocycles. The molecule has 1 aliphatic heterocycles. The third-order valence-electron chi connectivity index (χ3n) is 7.38. The van der Waals surface area contributed by atoms with Gasteiger partial charge in [-0.1, -0.05) is 38.5 Å². The van der Waals surface area contributed by atoms with Gasteiger partial charge in [0.05, 0.1) is 11.7 Å². The molecule has 2 fully saturated rings. The van der Waals surface area contributed by atoms with Crippen LogP contribution in [-0.2, 0) is 19.2 Å². The highest BCUT2D eigenvalue weighted by Crippen LogP contribution is 2.43. The Morgan fingerprint density at radius 1 is 1.11 bits per heavy atom. The first-order chi connectivity index (χ1) is 17.9. The molecule has 2 unspecified atom stereocenters. The zero-order chi connectivity index (χ0) is 27.8. The maximum atomic E-state index is 13.7. The highest BCUT2D eigenvalue weighted by molar-refractivity contribution is 5.97. The Bertz CT molecular complexity index is 1250. The molecule has 0 spiro atoms. The number of nitrogens with one attached hydrogen (secondary N) is 2. The second kappa shape index (κ2) is 10.5. The van der Waals surface area contributed by atoms with Crippen LogP contribution in [0.4, 0.5) is 13.2 Å². The van der Waals surface area contributed by atoms with Crippen LogP contribution >= 0.6 is 0 Å². The van der Waals surface area contributed by atoms with E-state index < -0.39 is 53.8 Å². The lowest BCUT2D eigenvalue weighted by Gasteiger charge is -2.33. The fourth-order valence-corrected chi connectivity index (χ4v) is 5.57. The molecule has 10 nitrogen and oxygen atoms in total. The van der Waals surface area contributed by atoms with E-state index in [1.54, 1.807) is 29.6 Å². The molecule has 1 saturated carbocycles. The molecule has 1 aliphatic carbocycles. The van der Waals surface area contributed by atoms with Crippen LogP contribution in [0.1, 0.15) is 44.7 Å². The van der Waals surface area contributed by atoms with Crippen molar-refractivity contribution in [1.29, 1.82) is 0 Å². The second-order valence-electron chi connectivity index (χ2n) is 10.1. The van der Waals surface area contributed by atoms with Crippen LogP contribution in [0.15, 0.2) is 30.5 Å². The van der Waals surface area contributed by atoms with E-state index >= 15 is 0 Å². The number of carbonyl (C=O) groups is 4. The third kappa shape index (κ3) is 5.27. The highest BCUT2D eigenvalue weighted by atomic mass is 19.4. The monoisotopic (exact) mass is 534 g/mol. The third-order valence-corrected chi connectivity index (χ3v) is 7.38. The Morgan fingerprint density at radius 3 is 2.47 bits per heavy atom. The number of rotatable bonds is 7. The summed E-state index contributed by atoms with van der Waals surface area (Å²) < 4.78 is 38.8. The van der Waals surface area contributed by atoms with Gasteiger partial charge in [0.1, 0.15) is 18.1 Å². The van der Waals surface area contributed by atoms with Crippen LogP contribution in [0.25, 0.3) is 10.9 Å². The molecule has 5 atom stereocenters. The molecule has 13 heteroatoms. The minimum absolute atomic E-state index is 0.0312. The van der Waals surface area contributed by atoms with E-state index in [9.17, 15) is 32.3 Å². The summed E-state index contributed by atoms with van der Waals surface area (Å²) in [5.74, 6) is -5.46. The minimum atomic E-state index is -5.16. The van der Waals surface area contributed by atoms with Crippen LogP contribution in [0.3, 0.4) is 0 Å². The lowest BCUT2D eigenvalue weighted by Crippen LogP contribution is -2.58. The number of halogens is 3. The SMILES string of the molecule is CC(C)C(NC(=O)C(F)(F)F)C(=O)N1C[C@@H]2CCC[C@@H]2[C@H]1C(=O)NC(C(N)=O)c1cnnc2ccccc12. The van der Waals surface area contributed by atoms with Gasteiger partial charge in [0.2, 0.25) is 17.7 Å². The smallest absolute Gasteiger partial charge is 0.368 e. The van der Waals surface area contributed by atoms with Gasteiger partial charge in [-0.3, -0.25) is 19.2 Å². The summed E-state index contributed by atoms with van der Waals surface area (Å²) in [5, 5.41) is 12.9. The molecule has 2 heterocycles. The van der Waals surface area contributed by atoms with Gasteiger partial charge < -0.3 is 21.3 Å². The van der Waals surface area contributed by atoms with Gasteiger partial charge in [-0.2, -0.15) is 23.4 Å². The lowest BCUT2D eigenvalue weighted by atomic mass is 9.92. The number of hydrogen-bond acceptors (Lipinski definition) is 6. The van der Waals surface area contributed by atoms with E-state index in [-0.39, 0.29) is 18.4 Å². The number of hydrogen-bond donors (Lipinski definition) is 3. The van der Waals surface area contributed by atoms with Gasteiger partial charge in [-0.25, -0.2) is 0 Å². The number of amides is 4.